The summed E-state index contributed by atoms with van der Waals surface area (Å²) >= 11 is 0. The Hall–Kier alpha value is -1.55. The van der Waals surface area contributed by atoms with Crippen LogP contribution in [0.2, 0.25) is 0 Å². The Bertz CT molecular complexity index is 412. The van der Waals surface area contributed by atoms with Crippen LogP contribution in [-0.4, -0.2) is 30.9 Å². The number of aliphatic hydroxyl groups excluding tert-OH is 1. The highest BCUT2D eigenvalue weighted by molar-refractivity contribution is 5.77. The number of benzene rings is 1. The SMILES string of the molecule is CCOC(=O)C(O)C(C)(C)c1ccccc1OC. The highest BCUT2D eigenvalue weighted by Crippen LogP contribution is 2.34. The van der Waals surface area contributed by atoms with Crippen LogP contribution in [0.15, 0.2) is 24.3 Å². The van der Waals surface area contributed by atoms with Crippen molar-refractivity contribution in [2.24, 2.45) is 0 Å². The van der Waals surface area contributed by atoms with Gasteiger partial charge in [-0.3, -0.25) is 0 Å². The first-order chi connectivity index (χ1) is 8.45. The maximum Gasteiger partial charge on any atom is 0.335 e. The number of rotatable bonds is 5. The van der Waals surface area contributed by atoms with E-state index < -0.39 is 17.5 Å². The van der Waals surface area contributed by atoms with Crippen LogP contribution in [0.4, 0.5) is 0 Å². The van der Waals surface area contributed by atoms with E-state index in [1.807, 2.05) is 18.2 Å². The molecular weight excluding hydrogens is 232 g/mol. The predicted molar refractivity (Wildman–Crippen MR) is 68.7 cm³/mol. The van der Waals surface area contributed by atoms with Crippen molar-refractivity contribution in [1.29, 1.82) is 0 Å². The molecule has 0 spiro atoms. The smallest absolute Gasteiger partial charge is 0.335 e. The van der Waals surface area contributed by atoms with E-state index in [1.165, 1.54) is 0 Å². The van der Waals surface area contributed by atoms with Crippen molar-refractivity contribution >= 4 is 5.97 Å². The van der Waals surface area contributed by atoms with Gasteiger partial charge in [-0.05, 0) is 13.0 Å². The maximum absolute atomic E-state index is 11.6. The summed E-state index contributed by atoms with van der Waals surface area (Å²) in [4.78, 5) is 11.6. The molecule has 1 atom stereocenters. The van der Waals surface area contributed by atoms with E-state index in [0.717, 1.165) is 5.56 Å². The number of carbonyl (C=O) groups excluding carboxylic acids is 1. The number of methoxy groups -OCH3 is 1. The minimum absolute atomic E-state index is 0.248. The predicted octanol–water partition coefficient (Wildman–Crippen LogP) is 1.90. The summed E-state index contributed by atoms with van der Waals surface area (Å²) in [6.45, 7) is 5.53. The second-order valence-corrected chi connectivity index (χ2v) is 4.58. The van der Waals surface area contributed by atoms with Crippen LogP contribution in [0.5, 0.6) is 5.75 Å². The number of hydrogen-bond donors (Lipinski definition) is 1. The Morgan fingerprint density at radius 3 is 2.56 bits per heavy atom. The van der Waals surface area contributed by atoms with Crippen LogP contribution in [0, 0.1) is 0 Å². The highest BCUT2D eigenvalue weighted by Gasteiger charge is 2.38. The molecule has 0 amide bonds. The Labute approximate surface area is 108 Å². The first-order valence-corrected chi connectivity index (χ1v) is 5.93. The van der Waals surface area contributed by atoms with E-state index in [-0.39, 0.29) is 6.61 Å². The van der Waals surface area contributed by atoms with Gasteiger partial charge in [0.15, 0.2) is 6.10 Å². The Morgan fingerprint density at radius 2 is 2.00 bits per heavy atom. The average Bonchev–Trinajstić information content (AvgIpc) is 2.38. The van der Waals surface area contributed by atoms with Crippen LogP contribution in [-0.2, 0) is 14.9 Å². The molecule has 0 saturated carbocycles. The summed E-state index contributed by atoms with van der Waals surface area (Å²) in [6, 6.07) is 7.32. The molecule has 0 aliphatic rings. The number of ether oxygens (including phenoxy) is 2. The third-order valence-electron chi connectivity index (χ3n) is 2.99. The standard InChI is InChI=1S/C14H20O4/c1-5-18-13(16)12(15)14(2,3)10-8-6-7-9-11(10)17-4/h6-9,12,15H,5H2,1-4H3. The van der Waals surface area contributed by atoms with Crippen LogP contribution in [0.25, 0.3) is 0 Å². The van der Waals surface area contributed by atoms with Crippen molar-refractivity contribution in [3.63, 3.8) is 0 Å². The molecule has 18 heavy (non-hydrogen) atoms. The van der Waals surface area contributed by atoms with Crippen molar-refractivity contribution in [1.82, 2.24) is 0 Å². The Morgan fingerprint density at radius 1 is 1.39 bits per heavy atom. The van der Waals surface area contributed by atoms with Crippen molar-refractivity contribution in [2.75, 3.05) is 13.7 Å². The van der Waals surface area contributed by atoms with Crippen molar-refractivity contribution in [3.05, 3.63) is 29.8 Å². The normalized spacial score (nSPS) is 12.9. The van der Waals surface area contributed by atoms with Crippen molar-refractivity contribution in [2.45, 2.75) is 32.3 Å². The van der Waals surface area contributed by atoms with Gasteiger partial charge in [-0.2, -0.15) is 0 Å². The topological polar surface area (TPSA) is 55.8 Å². The average molecular weight is 252 g/mol. The van der Waals surface area contributed by atoms with Gasteiger partial charge in [0.25, 0.3) is 0 Å². The lowest BCUT2D eigenvalue weighted by molar-refractivity contribution is -0.156. The molecule has 4 nitrogen and oxygen atoms in total. The number of carbonyl (C=O) groups is 1. The van der Waals surface area contributed by atoms with Gasteiger partial charge in [-0.15, -0.1) is 0 Å². The molecule has 0 aliphatic heterocycles. The lowest BCUT2D eigenvalue weighted by atomic mass is 9.79. The van der Waals surface area contributed by atoms with Crippen LogP contribution < -0.4 is 4.74 Å². The highest BCUT2D eigenvalue weighted by atomic mass is 16.5. The summed E-state index contributed by atoms with van der Waals surface area (Å²) < 4.78 is 10.1. The molecule has 1 aromatic carbocycles. The largest absolute Gasteiger partial charge is 0.496 e. The fraction of sp³-hybridized carbons (Fsp3) is 0.500. The monoisotopic (exact) mass is 252 g/mol. The number of para-hydroxylation sites is 1. The molecule has 0 heterocycles. The van der Waals surface area contributed by atoms with Gasteiger partial charge < -0.3 is 14.6 Å². The van der Waals surface area contributed by atoms with Gasteiger partial charge in [-0.1, -0.05) is 32.0 Å². The van der Waals surface area contributed by atoms with Gasteiger partial charge in [-0.25, -0.2) is 4.79 Å². The van der Waals surface area contributed by atoms with Crippen LogP contribution in [0.3, 0.4) is 0 Å². The first-order valence-electron chi connectivity index (χ1n) is 5.93. The van der Waals surface area contributed by atoms with Crippen LogP contribution in [0.1, 0.15) is 26.3 Å². The molecule has 0 bridgehead atoms. The molecule has 0 saturated heterocycles. The molecular formula is C14H20O4. The summed E-state index contributed by atoms with van der Waals surface area (Å²) in [6.07, 6.45) is -1.23. The van der Waals surface area contributed by atoms with Gasteiger partial charge in [0.05, 0.1) is 13.7 Å². The minimum atomic E-state index is -1.23. The quantitative estimate of drug-likeness (QED) is 0.813. The summed E-state index contributed by atoms with van der Waals surface area (Å²) in [5.74, 6) is 0.0271. The fourth-order valence-corrected chi connectivity index (χ4v) is 1.84. The van der Waals surface area contributed by atoms with E-state index in [0.29, 0.717) is 5.75 Å². The second-order valence-electron chi connectivity index (χ2n) is 4.58. The lowest BCUT2D eigenvalue weighted by Gasteiger charge is -2.30. The summed E-state index contributed by atoms with van der Waals surface area (Å²) in [5, 5.41) is 10.1. The van der Waals surface area contributed by atoms with Crippen molar-refractivity contribution < 1.29 is 19.4 Å². The Balaban J connectivity index is 3.08. The van der Waals surface area contributed by atoms with Crippen molar-refractivity contribution in [3.8, 4) is 5.75 Å². The zero-order chi connectivity index (χ0) is 13.8. The molecule has 1 N–H and O–H groups in total. The van der Waals surface area contributed by atoms with E-state index >= 15 is 0 Å². The summed E-state index contributed by atoms with van der Waals surface area (Å²) in [5.41, 5.74) is -0.00757. The number of aliphatic hydroxyl groups is 1. The third-order valence-corrected chi connectivity index (χ3v) is 2.99. The molecule has 1 unspecified atom stereocenters. The van der Waals surface area contributed by atoms with Gasteiger partial charge in [0, 0.05) is 11.0 Å². The molecule has 0 radical (unpaired) electrons. The molecule has 1 rings (SSSR count). The van der Waals surface area contributed by atoms with E-state index in [9.17, 15) is 9.90 Å². The second kappa shape index (κ2) is 5.87. The Kier molecular flexibility index (Phi) is 4.73. The molecule has 0 aliphatic carbocycles. The zero-order valence-corrected chi connectivity index (χ0v) is 11.3. The third kappa shape index (κ3) is 2.82. The maximum atomic E-state index is 11.6. The van der Waals surface area contributed by atoms with Gasteiger partial charge in [0.2, 0.25) is 0 Å². The fourth-order valence-electron chi connectivity index (χ4n) is 1.84. The van der Waals surface area contributed by atoms with Gasteiger partial charge in [0.1, 0.15) is 5.75 Å². The number of hydrogen-bond acceptors (Lipinski definition) is 4. The lowest BCUT2D eigenvalue weighted by Crippen LogP contribution is -2.41. The molecule has 0 fully saturated rings. The van der Waals surface area contributed by atoms with Gasteiger partial charge >= 0.3 is 5.97 Å². The minimum Gasteiger partial charge on any atom is -0.496 e. The van der Waals surface area contributed by atoms with E-state index in [1.54, 1.807) is 33.9 Å². The first kappa shape index (κ1) is 14.5. The van der Waals surface area contributed by atoms with E-state index in [4.69, 9.17) is 9.47 Å². The van der Waals surface area contributed by atoms with E-state index in [2.05, 4.69) is 0 Å². The zero-order valence-electron chi connectivity index (χ0n) is 11.3. The molecule has 4 heteroatoms. The molecule has 0 aromatic heterocycles. The molecule has 1 aromatic rings. The number of esters is 1. The molecule has 100 valence electrons. The summed E-state index contributed by atoms with van der Waals surface area (Å²) in [7, 11) is 1.56. The van der Waals surface area contributed by atoms with Crippen LogP contribution >= 0.6 is 0 Å².